The zero-order valence-corrected chi connectivity index (χ0v) is 13.2. The fraction of sp³-hybridized carbons (Fsp3) is 0.562. The van der Waals surface area contributed by atoms with Crippen molar-refractivity contribution < 1.29 is 9.53 Å². The Kier molecular flexibility index (Phi) is 6.52. The van der Waals surface area contributed by atoms with Gasteiger partial charge in [-0.25, -0.2) is 0 Å². The van der Waals surface area contributed by atoms with Crippen LogP contribution in [0.5, 0.6) is 5.75 Å². The Morgan fingerprint density at radius 2 is 1.85 bits per heavy atom. The molecule has 0 aliphatic heterocycles. The molecule has 0 radical (unpaired) electrons. The first kappa shape index (κ1) is 16.5. The summed E-state index contributed by atoms with van der Waals surface area (Å²) in [5.41, 5.74) is 3.34. The molecule has 0 atom stereocenters. The van der Waals surface area contributed by atoms with Crippen LogP contribution < -0.4 is 10.1 Å². The van der Waals surface area contributed by atoms with E-state index in [0.29, 0.717) is 6.54 Å². The summed E-state index contributed by atoms with van der Waals surface area (Å²) in [6.45, 7) is 7.79. The molecule has 1 N–H and O–H groups in total. The molecule has 1 amide bonds. The van der Waals surface area contributed by atoms with Crippen molar-refractivity contribution in [3.63, 3.8) is 0 Å². The van der Waals surface area contributed by atoms with Gasteiger partial charge in [0.2, 0.25) is 0 Å². The molecular formula is C16H26N2O2. The van der Waals surface area contributed by atoms with E-state index in [0.717, 1.165) is 29.8 Å². The van der Waals surface area contributed by atoms with Crippen LogP contribution >= 0.6 is 0 Å². The maximum Gasteiger partial charge on any atom is 0.257 e. The summed E-state index contributed by atoms with van der Waals surface area (Å²) in [7, 11) is 4.04. The van der Waals surface area contributed by atoms with Gasteiger partial charge in [-0.15, -0.1) is 0 Å². The first-order valence-electron chi connectivity index (χ1n) is 7.03. The average Bonchev–Trinajstić information content (AvgIpc) is 2.39. The Bertz CT molecular complexity index is 456. The van der Waals surface area contributed by atoms with Gasteiger partial charge < -0.3 is 15.0 Å². The van der Waals surface area contributed by atoms with E-state index in [-0.39, 0.29) is 12.5 Å². The maximum atomic E-state index is 11.7. The monoisotopic (exact) mass is 278 g/mol. The summed E-state index contributed by atoms with van der Waals surface area (Å²) in [4.78, 5) is 13.8. The number of carbonyl (C=O) groups is 1. The molecule has 0 saturated heterocycles. The summed E-state index contributed by atoms with van der Waals surface area (Å²) in [6.07, 6.45) is 0.946. The minimum atomic E-state index is -0.0657. The number of nitrogens with one attached hydrogen (secondary N) is 1. The van der Waals surface area contributed by atoms with Crippen LogP contribution in [0.4, 0.5) is 0 Å². The topological polar surface area (TPSA) is 41.6 Å². The van der Waals surface area contributed by atoms with Gasteiger partial charge >= 0.3 is 0 Å². The fourth-order valence-electron chi connectivity index (χ4n) is 1.96. The number of benzene rings is 1. The summed E-state index contributed by atoms with van der Waals surface area (Å²) in [5.74, 6) is 0.762. The molecule has 0 aliphatic carbocycles. The van der Waals surface area contributed by atoms with Crippen LogP contribution in [0.1, 0.15) is 23.1 Å². The molecule has 4 nitrogen and oxygen atoms in total. The summed E-state index contributed by atoms with van der Waals surface area (Å²) >= 11 is 0. The minimum Gasteiger partial charge on any atom is -0.483 e. The van der Waals surface area contributed by atoms with Crippen molar-refractivity contribution in [2.75, 3.05) is 33.8 Å². The van der Waals surface area contributed by atoms with Gasteiger partial charge in [0.15, 0.2) is 6.61 Å². The molecule has 0 heterocycles. The molecule has 1 aromatic carbocycles. The zero-order chi connectivity index (χ0) is 15.1. The predicted molar refractivity (Wildman–Crippen MR) is 82.3 cm³/mol. The van der Waals surface area contributed by atoms with E-state index >= 15 is 0 Å². The quantitative estimate of drug-likeness (QED) is 0.776. The van der Waals surface area contributed by atoms with Gasteiger partial charge in [-0.3, -0.25) is 4.79 Å². The third kappa shape index (κ3) is 5.21. The molecule has 0 aliphatic rings. The third-order valence-electron chi connectivity index (χ3n) is 3.33. The highest BCUT2D eigenvalue weighted by Crippen LogP contribution is 2.25. The van der Waals surface area contributed by atoms with E-state index in [1.165, 1.54) is 5.56 Å². The van der Waals surface area contributed by atoms with E-state index < -0.39 is 0 Å². The van der Waals surface area contributed by atoms with Crippen LogP contribution in [0.25, 0.3) is 0 Å². The number of ether oxygens (including phenoxy) is 1. The van der Waals surface area contributed by atoms with E-state index in [1.807, 2.05) is 40.9 Å². The molecule has 0 bridgehead atoms. The summed E-state index contributed by atoms with van der Waals surface area (Å²) in [5, 5.41) is 2.87. The van der Waals surface area contributed by atoms with Crippen molar-refractivity contribution in [1.82, 2.24) is 10.2 Å². The highest BCUT2D eigenvalue weighted by molar-refractivity contribution is 5.77. The number of hydrogen-bond donors (Lipinski definition) is 1. The first-order chi connectivity index (χ1) is 9.41. The molecule has 1 rings (SSSR count). The first-order valence-corrected chi connectivity index (χ1v) is 7.03. The SMILES string of the molecule is Cc1ccc(C)c(OCC(=O)NCCCN(C)C)c1C. The third-order valence-corrected chi connectivity index (χ3v) is 3.33. The van der Waals surface area contributed by atoms with Crippen LogP contribution in [0, 0.1) is 20.8 Å². The lowest BCUT2D eigenvalue weighted by Crippen LogP contribution is -2.31. The van der Waals surface area contributed by atoms with Gasteiger partial charge in [0.25, 0.3) is 5.91 Å². The molecule has 0 spiro atoms. The van der Waals surface area contributed by atoms with Gasteiger partial charge in [-0.1, -0.05) is 12.1 Å². The van der Waals surface area contributed by atoms with Crippen molar-refractivity contribution in [3.8, 4) is 5.75 Å². The smallest absolute Gasteiger partial charge is 0.257 e. The van der Waals surface area contributed by atoms with Crippen molar-refractivity contribution in [3.05, 3.63) is 28.8 Å². The number of carbonyl (C=O) groups excluding carboxylic acids is 1. The molecule has 1 aromatic rings. The number of aryl methyl sites for hydroxylation is 2. The Morgan fingerprint density at radius 3 is 2.50 bits per heavy atom. The highest BCUT2D eigenvalue weighted by atomic mass is 16.5. The second-order valence-corrected chi connectivity index (χ2v) is 5.45. The zero-order valence-electron chi connectivity index (χ0n) is 13.2. The second-order valence-electron chi connectivity index (χ2n) is 5.45. The van der Waals surface area contributed by atoms with E-state index in [4.69, 9.17) is 4.74 Å². The van der Waals surface area contributed by atoms with Crippen LogP contribution in [-0.4, -0.2) is 44.6 Å². The van der Waals surface area contributed by atoms with Gasteiger partial charge in [0.1, 0.15) is 5.75 Å². The summed E-state index contributed by atoms with van der Waals surface area (Å²) < 4.78 is 5.67. The summed E-state index contributed by atoms with van der Waals surface area (Å²) in [6, 6.07) is 4.09. The normalized spacial score (nSPS) is 10.7. The lowest BCUT2D eigenvalue weighted by atomic mass is 10.1. The molecule has 0 fully saturated rings. The Balaban J connectivity index is 2.40. The van der Waals surface area contributed by atoms with Crippen LogP contribution in [0.15, 0.2) is 12.1 Å². The maximum absolute atomic E-state index is 11.7. The highest BCUT2D eigenvalue weighted by Gasteiger charge is 2.08. The lowest BCUT2D eigenvalue weighted by Gasteiger charge is -2.14. The molecule has 4 heteroatoms. The fourth-order valence-corrected chi connectivity index (χ4v) is 1.96. The largest absolute Gasteiger partial charge is 0.483 e. The van der Waals surface area contributed by atoms with Gasteiger partial charge in [0.05, 0.1) is 0 Å². The molecule has 0 aromatic heterocycles. The van der Waals surface area contributed by atoms with Gasteiger partial charge in [-0.05, 0) is 64.5 Å². The molecule has 0 saturated carbocycles. The Hall–Kier alpha value is -1.55. The molecule has 20 heavy (non-hydrogen) atoms. The minimum absolute atomic E-state index is 0.0657. The number of rotatable bonds is 7. The molecule has 0 unspecified atom stereocenters. The van der Waals surface area contributed by atoms with E-state index in [2.05, 4.69) is 16.3 Å². The van der Waals surface area contributed by atoms with Crippen molar-refractivity contribution >= 4 is 5.91 Å². The van der Waals surface area contributed by atoms with Crippen LogP contribution in [0.3, 0.4) is 0 Å². The van der Waals surface area contributed by atoms with Gasteiger partial charge in [-0.2, -0.15) is 0 Å². The van der Waals surface area contributed by atoms with Crippen molar-refractivity contribution in [2.24, 2.45) is 0 Å². The van der Waals surface area contributed by atoms with Crippen molar-refractivity contribution in [1.29, 1.82) is 0 Å². The Morgan fingerprint density at radius 1 is 1.20 bits per heavy atom. The van der Waals surface area contributed by atoms with Crippen molar-refractivity contribution in [2.45, 2.75) is 27.2 Å². The average molecular weight is 278 g/mol. The van der Waals surface area contributed by atoms with Crippen LogP contribution in [0.2, 0.25) is 0 Å². The number of hydrogen-bond acceptors (Lipinski definition) is 3. The van der Waals surface area contributed by atoms with E-state index in [1.54, 1.807) is 0 Å². The standard InChI is InChI=1S/C16H26N2O2/c1-12-7-8-13(2)16(14(12)3)20-11-15(19)17-9-6-10-18(4)5/h7-8H,6,9-11H2,1-5H3,(H,17,19). The second kappa shape index (κ2) is 7.90. The van der Waals surface area contributed by atoms with E-state index in [9.17, 15) is 4.79 Å². The molecule has 112 valence electrons. The number of nitrogens with zero attached hydrogens (tertiary/aromatic N) is 1. The molecular weight excluding hydrogens is 252 g/mol. The Labute approximate surface area is 122 Å². The van der Waals surface area contributed by atoms with Crippen LogP contribution in [-0.2, 0) is 4.79 Å². The lowest BCUT2D eigenvalue weighted by molar-refractivity contribution is -0.123. The number of amides is 1. The predicted octanol–water partition coefficient (Wildman–Crippen LogP) is 2.06. The van der Waals surface area contributed by atoms with Gasteiger partial charge in [0, 0.05) is 6.54 Å².